The highest BCUT2D eigenvalue weighted by Crippen LogP contribution is 2.33. The topological polar surface area (TPSA) is 130 Å². The van der Waals surface area contributed by atoms with Crippen LogP contribution in [0.3, 0.4) is 0 Å². The minimum Gasteiger partial charge on any atom is -0.472 e. The number of anilines is 2. The van der Waals surface area contributed by atoms with Gasteiger partial charge < -0.3 is 15.4 Å². The number of carbonyl (C=O) groups is 2. The molecule has 1 unspecified atom stereocenters. The first kappa shape index (κ1) is 23.6. The van der Waals surface area contributed by atoms with Gasteiger partial charge in [0.1, 0.15) is 17.6 Å². The van der Waals surface area contributed by atoms with Crippen LogP contribution in [0, 0.1) is 5.82 Å². The molecule has 1 atom stereocenters. The van der Waals surface area contributed by atoms with Crippen molar-refractivity contribution < 1.29 is 23.2 Å². The summed E-state index contributed by atoms with van der Waals surface area (Å²) < 4.78 is 24.9. The molecule has 4 aromatic rings. The molecule has 2 aromatic heterocycles. The van der Waals surface area contributed by atoms with E-state index in [0.717, 1.165) is 6.07 Å². The lowest BCUT2D eigenvalue weighted by Crippen LogP contribution is -2.38. The number of benzene rings is 2. The van der Waals surface area contributed by atoms with Gasteiger partial charge in [-0.05, 0) is 42.5 Å². The van der Waals surface area contributed by atoms with Crippen molar-refractivity contribution >= 4 is 46.1 Å². The molecule has 0 saturated carbocycles. The van der Waals surface area contributed by atoms with Crippen LogP contribution in [0.1, 0.15) is 37.5 Å². The fourth-order valence-electron chi connectivity index (χ4n) is 3.69. The second-order valence-electron chi connectivity index (χ2n) is 7.66. The van der Waals surface area contributed by atoms with Gasteiger partial charge in [-0.1, -0.05) is 16.8 Å². The summed E-state index contributed by atoms with van der Waals surface area (Å²) in [6.07, 6.45) is 0. The number of aromatic nitrogens is 2. The lowest BCUT2D eigenvalue weighted by Gasteiger charge is -2.29. The summed E-state index contributed by atoms with van der Waals surface area (Å²) in [5.74, 6) is -1.83. The van der Waals surface area contributed by atoms with Crippen LogP contribution < -0.4 is 26.0 Å². The van der Waals surface area contributed by atoms with Gasteiger partial charge >= 0.3 is 5.76 Å². The molecule has 2 aromatic carbocycles. The van der Waals surface area contributed by atoms with E-state index in [4.69, 9.17) is 16.3 Å². The smallest absolute Gasteiger partial charge is 0.438 e. The monoisotopic (exact) mass is 529 g/mol. The molecule has 1 aliphatic heterocycles. The van der Waals surface area contributed by atoms with Gasteiger partial charge in [-0.3, -0.25) is 24.0 Å². The fraction of sp³-hybridized carbons (Fsp3) is 0.130. The zero-order valence-electron chi connectivity index (χ0n) is 18.5. The maximum atomic E-state index is 14.2. The van der Waals surface area contributed by atoms with Crippen molar-refractivity contribution in [1.82, 2.24) is 15.5 Å². The Kier molecular flexibility index (Phi) is 6.20. The van der Waals surface area contributed by atoms with Gasteiger partial charge in [0.15, 0.2) is 12.6 Å². The Hall–Kier alpha value is -4.16. The van der Waals surface area contributed by atoms with Crippen LogP contribution in [0.25, 0.3) is 0 Å². The molecule has 36 heavy (non-hydrogen) atoms. The van der Waals surface area contributed by atoms with E-state index in [9.17, 15) is 18.8 Å². The molecule has 0 spiro atoms. The quantitative estimate of drug-likeness (QED) is 0.346. The summed E-state index contributed by atoms with van der Waals surface area (Å²) in [6.45, 7) is -0.0765. The molecule has 2 amide bonds. The lowest BCUT2D eigenvalue weighted by atomic mass is 10.1. The lowest BCUT2D eigenvalue weighted by molar-refractivity contribution is 0.0932. The van der Waals surface area contributed by atoms with Gasteiger partial charge in [0.05, 0.1) is 15.6 Å². The van der Waals surface area contributed by atoms with Crippen molar-refractivity contribution in [2.45, 2.75) is 6.04 Å². The molecule has 3 heterocycles. The molecular formula is C23H17ClFN5O5S. The highest BCUT2D eigenvalue weighted by atomic mass is 35.5. The predicted octanol–water partition coefficient (Wildman–Crippen LogP) is 3.77. The van der Waals surface area contributed by atoms with Crippen LogP contribution in [-0.4, -0.2) is 35.7 Å². The number of rotatable bonds is 6. The van der Waals surface area contributed by atoms with E-state index in [1.807, 2.05) is 0 Å². The Morgan fingerprint density at radius 3 is 2.64 bits per heavy atom. The molecule has 0 radical (unpaired) electrons. The number of halogens is 2. The maximum Gasteiger partial charge on any atom is 0.438 e. The van der Waals surface area contributed by atoms with E-state index in [0.29, 0.717) is 14.9 Å². The summed E-state index contributed by atoms with van der Waals surface area (Å²) in [7, 11) is 1.57. The van der Waals surface area contributed by atoms with Crippen LogP contribution in [0.4, 0.5) is 15.8 Å². The SMILES string of the molecule is CNc1cc2c(cc1F)C(=O)N(c1ccc(C(=O)NC(c3noc(=O)[nH]3)c3ccc(Cl)s3)cc1)CO2. The van der Waals surface area contributed by atoms with E-state index in [1.54, 1.807) is 31.3 Å². The molecule has 184 valence electrons. The Morgan fingerprint density at radius 2 is 2.00 bits per heavy atom. The Bertz CT molecular complexity index is 1520. The van der Waals surface area contributed by atoms with Crippen molar-refractivity contribution in [2.24, 2.45) is 0 Å². The average Bonchev–Trinajstić information content (AvgIpc) is 3.51. The van der Waals surface area contributed by atoms with Crippen LogP contribution >= 0.6 is 22.9 Å². The molecule has 0 saturated heterocycles. The number of carbonyl (C=O) groups excluding carboxylic acids is 2. The molecule has 0 bridgehead atoms. The summed E-state index contributed by atoms with van der Waals surface area (Å²) >= 11 is 7.25. The van der Waals surface area contributed by atoms with Crippen LogP contribution in [0.5, 0.6) is 5.75 Å². The molecule has 5 rings (SSSR count). The number of thiophene rings is 1. The van der Waals surface area contributed by atoms with Crippen LogP contribution in [-0.2, 0) is 0 Å². The van der Waals surface area contributed by atoms with Gasteiger partial charge in [0.2, 0.25) is 0 Å². The fourth-order valence-corrected chi connectivity index (χ4v) is 4.81. The highest BCUT2D eigenvalue weighted by molar-refractivity contribution is 7.16. The average molecular weight is 530 g/mol. The number of hydrogen-bond donors (Lipinski definition) is 3. The molecule has 10 nitrogen and oxygen atoms in total. The molecule has 1 aliphatic rings. The van der Waals surface area contributed by atoms with E-state index in [2.05, 4.69) is 25.3 Å². The molecular weight excluding hydrogens is 513 g/mol. The van der Waals surface area contributed by atoms with Gasteiger partial charge in [0, 0.05) is 29.2 Å². The van der Waals surface area contributed by atoms with Crippen LogP contribution in [0.15, 0.2) is 57.8 Å². The van der Waals surface area contributed by atoms with Crippen molar-refractivity contribution in [3.8, 4) is 5.75 Å². The van der Waals surface area contributed by atoms with E-state index >= 15 is 0 Å². The van der Waals surface area contributed by atoms with E-state index in [1.165, 1.54) is 34.4 Å². The highest BCUT2D eigenvalue weighted by Gasteiger charge is 2.29. The van der Waals surface area contributed by atoms with Gasteiger partial charge in [-0.25, -0.2) is 9.18 Å². The Labute approximate surface area is 211 Å². The van der Waals surface area contributed by atoms with Gasteiger partial charge in [-0.2, -0.15) is 0 Å². The van der Waals surface area contributed by atoms with E-state index < -0.39 is 29.4 Å². The minimum atomic E-state index is -0.799. The predicted molar refractivity (Wildman–Crippen MR) is 130 cm³/mol. The third-order valence-corrected chi connectivity index (χ3v) is 6.78. The molecule has 3 N–H and O–H groups in total. The Balaban J connectivity index is 1.35. The number of hydrogen-bond acceptors (Lipinski definition) is 8. The van der Waals surface area contributed by atoms with E-state index in [-0.39, 0.29) is 35.1 Å². The summed E-state index contributed by atoms with van der Waals surface area (Å²) in [5.41, 5.74) is 1.07. The number of nitrogens with one attached hydrogen (secondary N) is 3. The number of ether oxygens (including phenoxy) is 1. The summed E-state index contributed by atoms with van der Waals surface area (Å²) in [6, 6.07) is 11.3. The zero-order chi connectivity index (χ0) is 25.4. The number of nitrogens with zero attached hydrogens (tertiary/aromatic N) is 2. The zero-order valence-corrected chi connectivity index (χ0v) is 20.1. The molecule has 13 heteroatoms. The standard InChI is InChI=1S/C23H17ClFN5O5S/c1-26-15-9-16-13(8-14(15)25)22(32)30(10-34-16)12-4-2-11(3-5-12)21(31)27-19(17-6-7-18(24)36-17)20-28-23(33)35-29-20/h2-9,19,26H,10H2,1H3,(H,27,31)(H,28,29,33). The molecule has 0 fully saturated rings. The number of amides is 2. The first-order chi connectivity index (χ1) is 17.3. The van der Waals surface area contributed by atoms with Crippen molar-refractivity contribution in [3.05, 3.63) is 91.1 Å². The third kappa shape index (κ3) is 4.43. The van der Waals surface area contributed by atoms with Gasteiger partial charge in [0.25, 0.3) is 11.8 Å². The summed E-state index contributed by atoms with van der Waals surface area (Å²) in [5, 5.41) is 9.19. The van der Waals surface area contributed by atoms with Crippen molar-refractivity contribution in [1.29, 1.82) is 0 Å². The minimum absolute atomic E-state index is 0.0765. The first-order valence-electron chi connectivity index (χ1n) is 10.5. The Morgan fingerprint density at radius 1 is 1.22 bits per heavy atom. The maximum absolute atomic E-state index is 14.2. The largest absolute Gasteiger partial charge is 0.472 e. The second-order valence-corrected chi connectivity index (χ2v) is 9.41. The third-order valence-electron chi connectivity index (χ3n) is 5.49. The number of aromatic amines is 1. The van der Waals surface area contributed by atoms with Crippen molar-refractivity contribution in [2.75, 3.05) is 24.0 Å². The molecule has 0 aliphatic carbocycles. The van der Waals surface area contributed by atoms with Gasteiger partial charge in [-0.15, -0.1) is 11.3 Å². The summed E-state index contributed by atoms with van der Waals surface area (Å²) in [4.78, 5) is 41.8. The second kappa shape index (κ2) is 9.47. The van der Waals surface area contributed by atoms with Crippen molar-refractivity contribution in [3.63, 3.8) is 0 Å². The number of H-pyrrole nitrogens is 1. The van der Waals surface area contributed by atoms with Crippen LogP contribution in [0.2, 0.25) is 4.34 Å². The number of fused-ring (bicyclic) bond motifs is 1. The first-order valence-corrected chi connectivity index (χ1v) is 11.7. The normalized spacial score (nSPS) is 13.6.